The van der Waals surface area contributed by atoms with Crippen LogP contribution in [0, 0.1) is 0 Å². The maximum Gasteiger partial charge on any atom is 1.00 e. The first-order valence-electron chi connectivity index (χ1n) is 4.27. The zero-order valence-electron chi connectivity index (χ0n) is 8.91. The molecule has 1 rings (SSSR count). The first kappa shape index (κ1) is 16.1. The molecule has 0 spiro atoms. The Morgan fingerprint density at radius 1 is 1.44 bits per heavy atom. The van der Waals surface area contributed by atoms with E-state index in [4.69, 9.17) is 0 Å². The van der Waals surface area contributed by atoms with E-state index in [2.05, 4.69) is 9.72 Å². The first-order chi connectivity index (χ1) is 6.95. The SMILES string of the molecule is CCOC(=O)c1cncc([B-](F)(F)F)c1.[K+]. The van der Waals surface area contributed by atoms with Gasteiger partial charge < -0.3 is 17.7 Å². The summed E-state index contributed by atoms with van der Waals surface area (Å²) in [7, 11) is 0. The minimum absolute atomic E-state index is 0. The molecule has 0 fully saturated rings. The van der Waals surface area contributed by atoms with Gasteiger partial charge in [0.2, 0.25) is 0 Å². The number of hydrogen-bond acceptors (Lipinski definition) is 3. The zero-order valence-corrected chi connectivity index (χ0v) is 12.0. The van der Waals surface area contributed by atoms with Crippen molar-refractivity contribution in [3.63, 3.8) is 0 Å². The Bertz CT molecular complexity index is 373. The van der Waals surface area contributed by atoms with Gasteiger partial charge >= 0.3 is 64.3 Å². The third-order valence-corrected chi connectivity index (χ3v) is 1.65. The minimum atomic E-state index is -5.13. The van der Waals surface area contributed by atoms with Crippen molar-refractivity contribution in [3.8, 4) is 0 Å². The second kappa shape index (κ2) is 6.75. The molecule has 1 aromatic heterocycles. The third-order valence-electron chi connectivity index (χ3n) is 1.65. The average molecular weight is 257 g/mol. The summed E-state index contributed by atoms with van der Waals surface area (Å²) in [6.07, 6.45) is 1.73. The van der Waals surface area contributed by atoms with Crippen LogP contribution in [0.5, 0.6) is 0 Å². The van der Waals surface area contributed by atoms with E-state index < -0.39 is 18.4 Å². The number of halogens is 3. The fourth-order valence-corrected chi connectivity index (χ4v) is 0.963. The van der Waals surface area contributed by atoms with Crippen molar-refractivity contribution >= 4 is 18.4 Å². The molecule has 0 aliphatic rings. The number of esters is 1. The molecule has 0 aliphatic carbocycles. The Morgan fingerprint density at radius 2 is 2.06 bits per heavy atom. The predicted octanol–water partition coefficient (Wildman–Crippen LogP) is -1.68. The Kier molecular flexibility index (Phi) is 6.80. The molecule has 0 atom stereocenters. The van der Waals surface area contributed by atoms with Crippen molar-refractivity contribution in [2.75, 3.05) is 6.61 Å². The monoisotopic (exact) mass is 257 g/mol. The molecule has 3 nitrogen and oxygen atoms in total. The molecule has 0 saturated heterocycles. The molecule has 0 aromatic carbocycles. The number of pyridine rings is 1. The largest absolute Gasteiger partial charge is 1.00 e. The van der Waals surface area contributed by atoms with Crippen LogP contribution in [0.3, 0.4) is 0 Å². The van der Waals surface area contributed by atoms with Crippen LogP contribution in [0.25, 0.3) is 0 Å². The Labute approximate surface area is 133 Å². The number of carbonyl (C=O) groups excluding carboxylic acids is 1. The summed E-state index contributed by atoms with van der Waals surface area (Å²) in [6, 6.07) is 0.741. The number of hydrogen-bond donors (Lipinski definition) is 0. The fraction of sp³-hybridized carbons (Fsp3) is 0.250. The number of ether oxygens (including phenoxy) is 1. The van der Waals surface area contributed by atoms with Gasteiger partial charge in [-0.3, -0.25) is 4.98 Å². The summed E-state index contributed by atoms with van der Waals surface area (Å²) < 4.78 is 41.4. The molecule has 1 aromatic rings. The van der Waals surface area contributed by atoms with Crippen molar-refractivity contribution in [3.05, 3.63) is 24.0 Å². The molecule has 0 bridgehead atoms. The second-order valence-electron chi connectivity index (χ2n) is 2.80. The second-order valence-corrected chi connectivity index (χ2v) is 2.80. The van der Waals surface area contributed by atoms with Crippen LogP contribution in [0.4, 0.5) is 12.9 Å². The number of aromatic nitrogens is 1. The average Bonchev–Trinajstić information content (AvgIpc) is 2.17. The predicted molar refractivity (Wildman–Crippen MR) is 48.9 cm³/mol. The maximum absolute atomic E-state index is 12.3. The number of rotatable bonds is 3. The van der Waals surface area contributed by atoms with Crippen molar-refractivity contribution < 1.29 is 73.9 Å². The molecule has 82 valence electrons. The van der Waals surface area contributed by atoms with Gasteiger partial charge in [-0.2, -0.15) is 0 Å². The number of carbonyl (C=O) groups is 1. The van der Waals surface area contributed by atoms with Gasteiger partial charge in [0.1, 0.15) is 0 Å². The Hall–Kier alpha value is 0.111. The summed E-state index contributed by atoms with van der Waals surface area (Å²) >= 11 is 0. The van der Waals surface area contributed by atoms with Crippen molar-refractivity contribution in [1.82, 2.24) is 4.98 Å². The molecule has 8 heteroatoms. The molecule has 1 heterocycles. The van der Waals surface area contributed by atoms with Gasteiger partial charge in [-0.15, -0.1) is 0 Å². The van der Waals surface area contributed by atoms with Crippen LogP contribution in [0.2, 0.25) is 0 Å². The van der Waals surface area contributed by atoms with Gasteiger partial charge in [0.05, 0.1) is 12.2 Å². The summed E-state index contributed by atoms with van der Waals surface area (Å²) in [5.41, 5.74) is -1.09. The fourth-order valence-electron chi connectivity index (χ4n) is 0.963. The quantitative estimate of drug-likeness (QED) is 0.479. The van der Waals surface area contributed by atoms with Crippen molar-refractivity contribution in [2.24, 2.45) is 0 Å². The summed E-state index contributed by atoms with van der Waals surface area (Å²) in [5.74, 6) is -0.799. The topological polar surface area (TPSA) is 39.2 Å². The van der Waals surface area contributed by atoms with Gasteiger partial charge in [-0.05, 0) is 13.1 Å². The van der Waals surface area contributed by atoms with E-state index >= 15 is 0 Å². The van der Waals surface area contributed by atoms with Crippen molar-refractivity contribution in [2.45, 2.75) is 6.92 Å². The van der Waals surface area contributed by atoms with Crippen LogP contribution in [-0.4, -0.2) is 24.5 Å². The van der Waals surface area contributed by atoms with Crippen molar-refractivity contribution in [1.29, 1.82) is 0 Å². The number of nitrogens with zero attached hydrogens (tertiary/aromatic N) is 1. The molecule has 16 heavy (non-hydrogen) atoms. The third kappa shape index (κ3) is 4.54. The van der Waals surface area contributed by atoms with E-state index in [0.29, 0.717) is 6.20 Å². The molecule has 0 unspecified atom stereocenters. The summed E-state index contributed by atoms with van der Waals surface area (Å²) in [4.78, 5) is 14.5. The van der Waals surface area contributed by atoms with E-state index in [1.165, 1.54) is 0 Å². The standard InChI is InChI=1S/C8H8BF3NO2.K/c1-2-15-8(14)6-3-7(5-13-4-6)9(10,11)12;/h3-5H,2H2,1H3;/q-1;+1. The first-order valence-corrected chi connectivity index (χ1v) is 4.27. The van der Waals surface area contributed by atoms with E-state index in [9.17, 15) is 17.7 Å². The van der Waals surface area contributed by atoms with Gasteiger partial charge in [-0.1, -0.05) is 11.5 Å². The Balaban J connectivity index is 0.00000225. The van der Waals surface area contributed by atoms with Gasteiger partial charge in [-0.25, -0.2) is 4.79 Å². The molecule has 0 N–H and O–H groups in total. The molecule has 0 aliphatic heterocycles. The van der Waals surface area contributed by atoms with Crippen LogP contribution in [-0.2, 0) is 4.74 Å². The van der Waals surface area contributed by atoms with Gasteiger partial charge in [0.25, 0.3) is 0 Å². The van der Waals surface area contributed by atoms with Crippen LogP contribution < -0.4 is 56.8 Å². The molecular formula is C8H8BF3KNO2. The van der Waals surface area contributed by atoms with Gasteiger partial charge in [0, 0.05) is 6.20 Å². The molecule has 0 saturated carbocycles. The molecule has 0 amide bonds. The van der Waals surface area contributed by atoms with E-state index in [0.717, 1.165) is 12.3 Å². The molecular weight excluding hydrogens is 249 g/mol. The summed E-state index contributed by atoms with van der Waals surface area (Å²) in [5, 5.41) is 0. The van der Waals surface area contributed by atoms with E-state index in [1.54, 1.807) is 6.92 Å². The summed E-state index contributed by atoms with van der Waals surface area (Å²) in [6.45, 7) is -3.45. The van der Waals surface area contributed by atoms with Gasteiger partial charge in [0.15, 0.2) is 0 Å². The smallest absolute Gasteiger partial charge is 0.462 e. The normalized spacial score (nSPS) is 10.5. The van der Waals surface area contributed by atoms with Crippen LogP contribution in [0.1, 0.15) is 17.3 Å². The van der Waals surface area contributed by atoms with E-state index in [1.807, 2.05) is 0 Å². The maximum atomic E-state index is 12.3. The van der Waals surface area contributed by atoms with Crippen LogP contribution >= 0.6 is 0 Å². The van der Waals surface area contributed by atoms with E-state index in [-0.39, 0.29) is 63.6 Å². The van der Waals surface area contributed by atoms with Crippen LogP contribution in [0.15, 0.2) is 18.5 Å². The molecule has 0 radical (unpaired) electrons. The Morgan fingerprint density at radius 3 is 2.56 bits per heavy atom. The zero-order chi connectivity index (χ0) is 11.5. The minimum Gasteiger partial charge on any atom is -0.462 e.